The molecular formula is C39H42N4O3. The van der Waals surface area contributed by atoms with E-state index in [9.17, 15) is 14.4 Å². The van der Waals surface area contributed by atoms with Gasteiger partial charge in [0.2, 0.25) is 17.7 Å². The predicted octanol–water partition coefficient (Wildman–Crippen LogP) is 5.24. The van der Waals surface area contributed by atoms with Crippen molar-refractivity contribution in [3.63, 3.8) is 0 Å². The lowest BCUT2D eigenvalue weighted by Gasteiger charge is -2.24. The molecule has 0 bridgehead atoms. The zero-order chi connectivity index (χ0) is 32.1. The fourth-order valence-electron chi connectivity index (χ4n) is 5.67. The monoisotopic (exact) mass is 614 g/mol. The number of nitrogens with two attached hydrogens (primary N) is 1. The lowest BCUT2D eigenvalue weighted by atomic mass is 9.99. The molecule has 5 aromatic rings. The molecule has 5 N–H and O–H groups in total. The lowest BCUT2D eigenvalue weighted by Crippen LogP contribution is -2.55. The van der Waals surface area contributed by atoms with Crippen LogP contribution in [0.5, 0.6) is 0 Å². The molecule has 0 heterocycles. The van der Waals surface area contributed by atoms with Crippen molar-refractivity contribution in [2.45, 2.75) is 50.6 Å². The Morgan fingerprint density at radius 2 is 1.11 bits per heavy atom. The van der Waals surface area contributed by atoms with Gasteiger partial charge in [-0.05, 0) is 64.0 Å². The van der Waals surface area contributed by atoms with Crippen LogP contribution in [0.4, 0.5) is 0 Å². The van der Waals surface area contributed by atoms with Crippen LogP contribution in [0.25, 0.3) is 21.5 Å². The molecule has 0 aliphatic carbocycles. The SMILES string of the molecule is NCCCCNC(=O)C(Cc1ccc2ccccc2c1)NC(=O)C(Cc1ccc2ccccc2c1)NC(=O)CCc1ccccc1. The highest BCUT2D eigenvalue weighted by molar-refractivity contribution is 5.93. The average Bonchev–Trinajstić information content (AvgIpc) is 3.09. The molecule has 0 fully saturated rings. The number of unbranched alkanes of at least 4 members (excludes halogenated alkanes) is 1. The van der Waals surface area contributed by atoms with Crippen molar-refractivity contribution in [2.75, 3.05) is 13.1 Å². The summed E-state index contributed by atoms with van der Waals surface area (Å²) in [6.45, 7) is 1.02. The van der Waals surface area contributed by atoms with Gasteiger partial charge in [0.05, 0.1) is 0 Å². The number of hydrogen-bond donors (Lipinski definition) is 4. The number of hydrogen-bond acceptors (Lipinski definition) is 4. The molecule has 0 saturated heterocycles. The van der Waals surface area contributed by atoms with Crippen molar-refractivity contribution < 1.29 is 14.4 Å². The molecule has 2 atom stereocenters. The highest BCUT2D eigenvalue weighted by atomic mass is 16.2. The maximum Gasteiger partial charge on any atom is 0.243 e. The quantitative estimate of drug-likeness (QED) is 0.121. The van der Waals surface area contributed by atoms with Crippen LogP contribution < -0.4 is 21.7 Å². The second-order valence-corrected chi connectivity index (χ2v) is 11.7. The van der Waals surface area contributed by atoms with Gasteiger partial charge in [0.1, 0.15) is 12.1 Å². The number of benzene rings is 5. The molecule has 0 spiro atoms. The van der Waals surface area contributed by atoms with E-state index in [-0.39, 0.29) is 24.7 Å². The van der Waals surface area contributed by atoms with Gasteiger partial charge in [-0.2, -0.15) is 0 Å². The Morgan fingerprint density at radius 3 is 1.70 bits per heavy atom. The van der Waals surface area contributed by atoms with Crippen molar-refractivity contribution in [2.24, 2.45) is 5.73 Å². The summed E-state index contributed by atoms with van der Waals surface area (Å²) in [6.07, 6.45) is 2.95. The summed E-state index contributed by atoms with van der Waals surface area (Å²) in [6, 6.07) is 36.3. The molecule has 0 aliphatic heterocycles. The number of carbonyl (C=O) groups excluding carboxylic acids is 3. The third-order valence-electron chi connectivity index (χ3n) is 8.21. The maximum atomic E-state index is 14.0. The van der Waals surface area contributed by atoms with E-state index >= 15 is 0 Å². The Morgan fingerprint density at radius 1 is 0.565 bits per heavy atom. The van der Waals surface area contributed by atoms with Crippen LogP contribution in [0, 0.1) is 0 Å². The minimum Gasteiger partial charge on any atom is -0.354 e. The van der Waals surface area contributed by atoms with Gasteiger partial charge in [0.15, 0.2) is 0 Å². The Hall–Kier alpha value is -5.01. The van der Waals surface area contributed by atoms with Gasteiger partial charge < -0.3 is 21.7 Å². The zero-order valence-electron chi connectivity index (χ0n) is 26.1. The van der Waals surface area contributed by atoms with Gasteiger partial charge in [-0.15, -0.1) is 0 Å². The molecule has 46 heavy (non-hydrogen) atoms. The van der Waals surface area contributed by atoms with E-state index in [2.05, 4.69) is 16.0 Å². The van der Waals surface area contributed by atoms with Crippen LogP contribution in [-0.2, 0) is 33.6 Å². The smallest absolute Gasteiger partial charge is 0.243 e. The maximum absolute atomic E-state index is 14.0. The summed E-state index contributed by atoms with van der Waals surface area (Å²) in [4.78, 5) is 40.7. The summed E-state index contributed by atoms with van der Waals surface area (Å²) >= 11 is 0. The van der Waals surface area contributed by atoms with Crippen LogP contribution in [-0.4, -0.2) is 42.9 Å². The third kappa shape index (κ3) is 9.25. The molecule has 5 aromatic carbocycles. The number of fused-ring (bicyclic) bond motifs is 2. The number of aryl methyl sites for hydroxylation is 1. The first kappa shape index (κ1) is 32.4. The van der Waals surface area contributed by atoms with Crippen molar-refractivity contribution in [1.82, 2.24) is 16.0 Å². The van der Waals surface area contributed by atoms with E-state index in [0.717, 1.165) is 51.1 Å². The lowest BCUT2D eigenvalue weighted by molar-refractivity contribution is -0.132. The van der Waals surface area contributed by atoms with Crippen LogP contribution in [0.2, 0.25) is 0 Å². The van der Waals surface area contributed by atoms with Crippen molar-refractivity contribution in [3.8, 4) is 0 Å². The highest BCUT2D eigenvalue weighted by Crippen LogP contribution is 2.19. The summed E-state index contributed by atoms with van der Waals surface area (Å²) in [5.41, 5.74) is 8.53. The molecule has 7 nitrogen and oxygen atoms in total. The first-order valence-corrected chi connectivity index (χ1v) is 16.1. The van der Waals surface area contributed by atoms with E-state index in [1.54, 1.807) is 0 Å². The van der Waals surface area contributed by atoms with E-state index in [1.807, 2.05) is 115 Å². The highest BCUT2D eigenvalue weighted by Gasteiger charge is 2.27. The molecule has 7 heteroatoms. The molecule has 236 valence electrons. The Labute approximate surface area is 270 Å². The Balaban J connectivity index is 1.35. The largest absolute Gasteiger partial charge is 0.354 e. The summed E-state index contributed by atoms with van der Waals surface area (Å²) < 4.78 is 0. The van der Waals surface area contributed by atoms with Crippen LogP contribution in [0.15, 0.2) is 115 Å². The fraction of sp³-hybridized carbons (Fsp3) is 0.256. The van der Waals surface area contributed by atoms with Gasteiger partial charge in [0.25, 0.3) is 0 Å². The van der Waals surface area contributed by atoms with Crippen LogP contribution >= 0.6 is 0 Å². The molecule has 0 saturated carbocycles. The number of amides is 3. The van der Waals surface area contributed by atoms with E-state index in [1.165, 1.54) is 0 Å². The molecule has 5 rings (SSSR count). The Bertz CT molecular complexity index is 1770. The minimum absolute atomic E-state index is 0.220. The second-order valence-electron chi connectivity index (χ2n) is 11.7. The van der Waals surface area contributed by atoms with Crippen molar-refractivity contribution in [3.05, 3.63) is 132 Å². The molecule has 3 amide bonds. The molecule has 0 radical (unpaired) electrons. The minimum atomic E-state index is -0.867. The van der Waals surface area contributed by atoms with Gasteiger partial charge in [-0.25, -0.2) is 0 Å². The normalized spacial score (nSPS) is 12.4. The number of carbonyl (C=O) groups is 3. The third-order valence-corrected chi connectivity index (χ3v) is 8.21. The molecule has 0 aromatic heterocycles. The summed E-state index contributed by atoms with van der Waals surface area (Å²) in [5.74, 6) is -0.885. The van der Waals surface area contributed by atoms with Crippen molar-refractivity contribution in [1.29, 1.82) is 0 Å². The second kappa shape index (κ2) is 16.3. The summed E-state index contributed by atoms with van der Waals surface area (Å²) in [5, 5.41) is 13.3. The van der Waals surface area contributed by atoms with Gasteiger partial charge in [-0.1, -0.05) is 115 Å². The van der Waals surface area contributed by atoms with Crippen LogP contribution in [0.1, 0.15) is 36.0 Å². The first-order chi connectivity index (χ1) is 22.5. The number of nitrogens with one attached hydrogen (secondary N) is 3. The van der Waals surface area contributed by atoms with Crippen LogP contribution in [0.3, 0.4) is 0 Å². The summed E-state index contributed by atoms with van der Waals surface area (Å²) in [7, 11) is 0. The van der Waals surface area contributed by atoms with Gasteiger partial charge >= 0.3 is 0 Å². The number of rotatable bonds is 15. The predicted molar refractivity (Wildman–Crippen MR) is 185 cm³/mol. The van der Waals surface area contributed by atoms with Gasteiger partial charge in [-0.3, -0.25) is 14.4 Å². The molecular weight excluding hydrogens is 572 g/mol. The van der Waals surface area contributed by atoms with E-state index < -0.39 is 18.0 Å². The first-order valence-electron chi connectivity index (χ1n) is 16.1. The fourth-order valence-corrected chi connectivity index (χ4v) is 5.67. The van der Waals surface area contributed by atoms with Gasteiger partial charge in [0, 0.05) is 25.8 Å². The van der Waals surface area contributed by atoms with E-state index in [4.69, 9.17) is 5.73 Å². The topological polar surface area (TPSA) is 113 Å². The zero-order valence-corrected chi connectivity index (χ0v) is 26.1. The standard InChI is InChI=1S/C39H42N4O3/c40-22-8-9-23-41-38(45)35(26-29-16-19-31-12-4-6-14-33(31)24-29)43-39(46)36(42-37(44)21-18-28-10-2-1-3-11-28)27-30-17-20-32-13-5-7-15-34(32)25-30/h1-7,10-17,19-20,24-25,35-36H,8-9,18,21-23,26-27,40H2,(H,41,45)(H,42,44)(H,43,46). The average molecular weight is 615 g/mol. The van der Waals surface area contributed by atoms with E-state index in [0.29, 0.717) is 25.9 Å². The van der Waals surface area contributed by atoms with Crippen molar-refractivity contribution >= 4 is 39.3 Å². The molecule has 0 aliphatic rings. The Kier molecular flexibility index (Phi) is 11.5. The molecule has 2 unspecified atom stereocenters.